The average Bonchev–Trinajstić information content (AvgIpc) is 3.10. The van der Waals surface area contributed by atoms with Gasteiger partial charge in [0.25, 0.3) is 0 Å². The largest absolute Gasteiger partial charge is 0.507 e. The molecule has 0 saturated heterocycles. The van der Waals surface area contributed by atoms with Crippen LogP contribution in [0.2, 0.25) is 0 Å². The molecule has 1 amide bonds. The minimum absolute atomic E-state index is 0.0951. The number of aryl methyl sites for hydroxylation is 1. The van der Waals surface area contributed by atoms with Crippen LogP contribution in [0.4, 0.5) is 5.82 Å². The molecule has 7 heteroatoms. The number of amides is 1. The first kappa shape index (κ1) is 21.4. The fourth-order valence-corrected chi connectivity index (χ4v) is 3.53. The van der Waals surface area contributed by atoms with E-state index in [1.165, 1.54) is 7.11 Å². The predicted molar refractivity (Wildman–Crippen MR) is 113 cm³/mol. The van der Waals surface area contributed by atoms with Gasteiger partial charge >= 0.3 is 5.97 Å². The Labute approximate surface area is 175 Å². The maximum Gasteiger partial charge on any atom is 0.342 e. The van der Waals surface area contributed by atoms with Crippen LogP contribution in [-0.2, 0) is 22.6 Å². The number of cyclic esters (lactones) is 1. The molecule has 2 heterocycles. The summed E-state index contributed by atoms with van der Waals surface area (Å²) >= 11 is 0. The number of allylic oxidation sites excluding steroid dienone is 2. The molecule has 1 aromatic heterocycles. The highest BCUT2D eigenvalue weighted by atomic mass is 16.5. The van der Waals surface area contributed by atoms with Crippen molar-refractivity contribution < 1.29 is 24.2 Å². The molecule has 0 saturated carbocycles. The standard InChI is InChI=1S/C23H26N2O5/c1-13(6-8-19(26)25-18-11-14(2)9-10-24-18)5-7-16-21(27)20-17(12-30-23(20)28)15(3)22(16)29-4/h5,9-11,27H,6-8,12H2,1-4H3,(H,24,25,26). The van der Waals surface area contributed by atoms with Crippen LogP contribution in [0.1, 0.15) is 52.4 Å². The van der Waals surface area contributed by atoms with Gasteiger partial charge in [0.1, 0.15) is 29.5 Å². The van der Waals surface area contributed by atoms with Gasteiger partial charge in [-0.15, -0.1) is 0 Å². The van der Waals surface area contributed by atoms with Gasteiger partial charge in [0.2, 0.25) is 5.91 Å². The van der Waals surface area contributed by atoms with Gasteiger partial charge in [-0.1, -0.05) is 11.6 Å². The van der Waals surface area contributed by atoms with Crippen molar-refractivity contribution in [2.75, 3.05) is 12.4 Å². The number of methoxy groups -OCH3 is 1. The van der Waals surface area contributed by atoms with Crippen molar-refractivity contribution in [1.82, 2.24) is 4.98 Å². The number of aromatic hydroxyl groups is 1. The van der Waals surface area contributed by atoms with E-state index in [-0.39, 0.29) is 23.8 Å². The average molecular weight is 410 g/mol. The summed E-state index contributed by atoms with van der Waals surface area (Å²) in [7, 11) is 1.54. The Hall–Kier alpha value is -3.35. The Morgan fingerprint density at radius 1 is 1.37 bits per heavy atom. The van der Waals surface area contributed by atoms with Crippen molar-refractivity contribution in [1.29, 1.82) is 0 Å². The number of pyridine rings is 1. The topological polar surface area (TPSA) is 97.8 Å². The quantitative estimate of drug-likeness (QED) is 0.529. The number of phenolic OH excluding ortho intramolecular Hbond substituents is 1. The first-order valence-corrected chi connectivity index (χ1v) is 9.78. The summed E-state index contributed by atoms with van der Waals surface area (Å²) in [6, 6.07) is 3.68. The summed E-state index contributed by atoms with van der Waals surface area (Å²) < 4.78 is 10.6. The first-order valence-electron chi connectivity index (χ1n) is 9.78. The van der Waals surface area contributed by atoms with Crippen molar-refractivity contribution in [3.63, 3.8) is 0 Å². The Kier molecular flexibility index (Phi) is 6.40. The van der Waals surface area contributed by atoms with E-state index in [4.69, 9.17) is 9.47 Å². The SMILES string of the molecule is COc1c(C)c2c(c(O)c1CC=C(C)CCC(=O)Nc1cc(C)ccn1)C(=O)OC2. The number of phenols is 1. The summed E-state index contributed by atoms with van der Waals surface area (Å²) in [5, 5.41) is 13.4. The van der Waals surface area contributed by atoms with Crippen molar-refractivity contribution in [2.45, 2.75) is 46.6 Å². The van der Waals surface area contributed by atoms with E-state index in [1.807, 2.05) is 39.0 Å². The molecule has 7 nitrogen and oxygen atoms in total. The molecule has 2 aromatic rings. The third-order valence-corrected chi connectivity index (χ3v) is 5.23. The lowest BCUT2D eigenvalue weighted by molar-refractivity contribution is -0.116. The van der Waals surface area contributed by atoms with Crippen LogP contribution in [0.3, 0.4) is 0 Å². The highest BCUT2D eigenvalue weighted by molar-refractivity contribution is 5.98. The van der Waals surface area contributed by atoms with E-state index in [2.05, 4.69) is 10.3 Å². The van der Waals surface area contributed by atoms with Crippen LogP contribution in [0, 0.1) is 13.8 Å². The molecule has 1 aromatic carbocycles. The van der Waals surface area contributed by atoms with Crippen molar-refractivity contribution >= 4 is 17.7 Å². The summed E-state index contributed by atoms with van der Waals surface area (Å²) in [6.07, 6.45) is 4.85. The number of anilines is 1. The summed E-state index contributed by atoms with van der Waals surface area (Å²) in [5.41, 5.74) is 4.24. The molecule has 0 spiro atoms. The Morgan fingerprint density at radius 2 is 2.13 bits per heavy atom. The Balaban J connectivity index is 1.68. The number of ether oxygens (including phenoxy) is 2. The second-order valence-corrected chi connectivity index (χ2v) is 7.44. The number of carbonyl (C=O) groups is 2. The molecule has 0 unspecified atom stereocenters. The van der Waals surface area contributed by atoms with Gasteiger partial charge in [-0.2, -0.15) is 0 Å². The number of nitrogens with zero attached hydrogens (tertiary/aromatic N) is 1. The fourth-order valence-electron chi connectivity index (χ4n) is 3.53. The van der Waals surface area contributed by atoms with Gasteiger partial charge in [0.15, 0.2) is 0 Å². The number of hydrogen-bond acceptors (Lipinski definition) is 6. The zero-order valence-corrected chi connectivity index (χ0v) is 17.7. The number of fused-ring (bicyclic) bond motifs is 1. The number of carbonyl (C=O) groups excluding carboxylic acids is 2. The van der Waals surface area contributed by atoms with Crippen molar-refractivity contribution in [3.05, 3.63) is 57.8 Å². The molecule has 2 N–H and O–H groups in total. The van der Waals surface area contributed by atoms with Crippen molar-refractivity contribution in [3.8, 4) is 11.5 Å². The van der Waals surface area contributed by atoms with Gasteiger partial charge < -0.3 is 19.9 Å². The third kappa shape index (κ3) is 4.45. The Morgan fingerprint density at radius 3 is 2.83 bits per heavy atom. The fraction of sp³-hybridized carbons (Fsp3) is 0.348. The van der Waals surface area contributed by atoms with Crippen LogP contribution < -0.4 is 10.1 Å². The molecular formula is C23H26N2O5. The van der Waals surface area contributed by atoms with Crippen LogP contribution >= 0.6 is 0 Å². The van der Waals surface area contributed by atoms with Crippen LogP contribution in [0.15, 0.2) is 30.0 Å². The second kappa shape index (κ2) is 8.98. The van der Waals surface area contributed by atoms with E-state index in [0.717, 1.165) is 16.7 Å². The molecule has 0 aliphatic carbocycles. The van der Waals surface area contributed by atoms with Crippen LogP contribution in [0.25, 0.3) is 0 Å². The highest BCUT2D eigenvalue weighted by Crippen LogP contribution is 2.42. The second-order valence-electron chi connectivity index (χ2n) is 7.44. The normalized spacial score (nSPS) is 13.1. The van der Waals surface area contributed by atoms with E-state index in [1.54, 1.807) is 6.20 Å². The highest BCUT2D eigenvalue weighted by Gasteiger charge is 2.31. The molecule has 158 valence electrons. The van der Waals surface area contributed by atoms with Gasteiger partial charge in [-0.3, -0.25) is 4.79 Å². The lowest BCUT2D eigenvalue weighted by Crippen LogP contribution is -2.12. The maximum atomic E-state index is 12.2. The molecular weight excluding hydrogens is 384 g/mol. The number of nitrogens with one attached hydrogen (secondary N) is 1. The summed E-state index contributed by atoms with van der Waals surface area (Å²) in [6.45, 7) is 5.86. The molecule has 3 rings (SSSR count). The predicted octanol–water partition coefficient (Wildman–Crippen LogP) is 3.99. The smallest absolute Gasteiger partial charge is 0.342 e. The first-order chi connectivity index (χ1) is 14.3. The molecule has 1 aliphatic heterocycles. The molecule has 0 fully saturated rings. The zero-order valence-electron chi connectivity index (χ0n) is 17.7. The minimum atomic E-state index is -0.517. The molecule has 30 heavy (non-hydrogen) atoms. The van der Waals surface area contributed by atoms with E-state index in [0.29, 0.717) is 42.0 Å². The number of benzene rings is 1. The van der Waals surface area contributed by atoms with Gasteiger partial charge in [0, 0.05) is 23.7 Å². The van der Waals surface area contributed by atoms with Crippen LogP contribution in [-0.4, -0.2) is 29.1 Å². The Bertz CT molecular complexity index is 1030. The lowest BCUT2D eigenvalue weighted by atomic mass is 9.94. The maximum absolute atomic E-state index is 12.2. The third-order valence-electron chi connectivity index (χ3n) is 5.23. The van der Waals surface area contributed by atoms with E-state index < -0.39 is 5.97 Å². The van der Waals surface area contributed by atoms with Gasteiger partial charge in [-0.25, -0.2) is 9.78 Å². The molecule has 1 aliphatic rings. The minimum Gasteiger partial charge on any atom is -0.507 e. The van der Waals surface area contributed by atoms with Gasteiger partial charge in [0.05, 0.1) is 7.11 Å². The van der Waals surface area contributed by atoms with Crippen molar-refractivity contribution in [2.24, 2.45) is 0 Å². The number of hydrogen-bond donors (Lipinski definition) is 2. The van der Waals surface area contributed by atoms with Gasteiger partial charge in [-0.05, 0) is 56.9 Å². The number of rotatable bonds is 7. The van der Waals surface area contributed by atoms with E-state index >= 15 is 0 Å². The summed E-state index contributed by atoms with van der Waals surface area (Å²) in [4.78, 5) is 28.3. The molecule has 0 bridgehead atoms. The van der Waals surface area contributed by atoms with E-state index in [9.17, 15) is 14.7 Å². The lowest BCUT2D eigenvalue weighted by Gasteiger charge is -2.15. The number of esters is 1. The summed E-state index contributed by atoms with van der Waals surface area (Å²) in [5.74, 6) is 0.366. The monoisotopic (exact) mass is 410 g/mol. The zero-order chi connectivity index (χ0) is 21.8. The molecule has 0 atom stereocenters. The molecule has 0 radical (unpaired) electrons. The number of aromatic nitrogens is 1. The van der Waals surface area contributed by atoms with Crippen LogP contribution in [0.5, 0.6) is 11.5 Å².